The van der Waals surface area contributed by atoms with Gasteiger partial charge in [0, 0.05) is 18.8 Å². The van der Waals surface area contributed by atoms with Crippen LogP contribution in [-0.4, -0.2) is 24.0 Å². The molecule has 3 heteroatoms. The number of nitrogens with zero attached hydrogens (tertiary/aromatic N) is 1. The predicted molar refractivity (Wildman–Crippen MR) is 68.5 cm³/mol. The van der Waals surface area contributed by atoms with Gasteiger partial charge in [-0.2, -0.15) is 0 Å². The van der Waals surface area contributed by atoms with Crippen LogP contribution in [0, 0.1) is 11.3 Å². The van der Waals surface area contributed by atoms with E-state index in [-0.39, 0.29) is 0 Å². The third-order valence-electron chi connectivity index (χ3n) is 3.40. The van der Waals surface area contributed by atoms with E-state index < -0.39 is 0 Å². The van der Waals surface area contributed by atoms with E-state index in [1.54, 1.807) is 0 Å². The molecule has 1 heterocycles. The number of thioether (sulfide) groups is 1. The van der Waals surface area contributed by atoms with Gasteiger partial charge in [-0.25, -0.2) is 0 Å². The zero-order valence-electron chi connectivity index (χ0n) is 9.88. The number of nitrogens with one attached hydrogen (secondary N) is 1. The molecule has 86 valence electrons. The first-order chi connectivity index (χ1) is 7.20. The van der Waals surface area contributed by atoms with E-state index in [0.717, 1.165) is 13.1 Å². The van der Waals surface area contributed by atoms with Gasteiger partial charge in [0.1, 0.15) is 0 Å². The smallest absolute Gasteiger partial charge is 0.156 e. The summed E-state index contributed by atoms with van der Waals surface area (Å²) in [6.45, 7) is 6.60. The van der Waals surface area contributed by atoms with Crippen molar-refractivity contribution in [1.82, 2.24) is 5.32 Å². The Labute approximate surface area is 97.3 Å². The average molecular weight is 226 g/mol. The largest absolute Gasteiger partial charge is 0.365 e. The van der Waals surface area contributed by atoms with Crippen LogP contribution in [0.15, 0.2) is 4.99 Å². The molecule has 0 saturated heterocycles. The van der Waals surface area contributed by atoms with Crippen LogP contribution in [0.2, 0.25) is 0 Å². The second-order valence-corrected chi connectivity index (χ2v) is 6.36. The highest BCUT2D eigenvalue weighted by atomic mass is 32.2. The maximum atomic E-state index is 4.71. The summed E-state index contributed by atoms with van der Waals surface area (Å²) in [5.74, 6) is 1.99. The number of rotatable bonds is 2. The lowest BCUT2D eigenvalue weighted by molar-refractivity contribution is 0.358. The Morgan fingerprint density at radius 3 is 2.67 bits per heavy atom. The quantitative estimate of drug-likeness (QED) is 0.783. The maximum absolute atomic E-state index is 4.71. The van der Waals surface area contributed by atoms with Gasteiger partial charge in [0.15, 0.2) is 5.17 Å². The van der Waals surface area contributed by atoms with Crippen molar-refractivity contribution in [2.24, 2.45) is 16.3 Å². The number of aliphatic imine (C=N–C) groups is 1. The monoisotopic (exact) mass is 226 g/mol. The Hall–Kier alpha value is -0.180. The van der Waals surface area contributed by atoms with Crippen LogP contribution in [0.1, 0.15) is 39.5 Å². The molecule has 1 fully saturated rings. The van der Waals surface area contributed by atoms with Crippen molar-refractivity contribution in [2.75, 3.05) is 18.8 Å². The Morgan fingerprint density at radius 1 is 1.40 bits per heavy atom. The van der Waals surface area contributed by atoms with Crippen LogP contribution in [0.5, 0.6) is 0 Å². The van der Waals surface area contributed by atoms with E-state index in [0.29, 0.717) is 11.3 Å². The third-order valence-corrected chi connectivity index (χ3v) is 4.70. The van der Waals surface area contributed by atoms with E-state index in [2.05, 4.69) is 19.2 Å². The summed E-state index contributed by atoms with van der Waals surface area (Å²) in [5.41, 5.74) is 0.577. The van der Waals surface area contributed by atoms with E-state index in [1.807, 2.05) is 11.8 Å². The van der Waals surface area contributed by atoms with Crippen molar-refractivity contribution < 1.29 is 0 Å². The van der Waals surface area contributed by atoms with Gasteiger partial charge in [0.2, 0.25) is 0 Å². The number of hydrogen-bond acceptors (Lipinski definition) is 3. The molecule has 1 aliphatic carbocycles. The van der Waals surface area contributed by atoms with Crippen molar-refractivity contribution in [3.05, 3.63) is 0 Å². The molecule has 0 atom stereocenters. The van der Waals surface area contributed by atoms with Gasteiger partial charge in [0.05, 0.1) is 0 Å². The molecular formula is C12H22N2S. The summed E-state index contributed by atoms with van der Waals surface area (Å²) in [5, 5.41) is 4.62. The number of hydrogen-bond donors (Lipinski definition) is 1. The molecule has 0 aromatic carbocycles. The summed E-state index contributed by atoms with van der Waals surface area (Å²) in [6, 6.07) is 0. The zero-order chi connectivity index (χ0) is 10.7. The highest BCUT2D eigenvalue weighted by Gasteiger charge is 2.36. The highest BCUT2D eigenvalue weighted by molar-refractivity contribution is 8.13. The van der Waals surface area contributed by atoms with Crippen molar-refractivity contribution in [3.8, 4) is 0 Å². The molecule has 0 amide bonds. The molecule has 2 rings (SSSR count). The Morgan fingerprint density at radius 2 is 2.13 bits per heavy atom. The van der Waals surface area contributed by atoms with Crippen LogP contribution >= 0.6 is 11.8 Å². The van der Waals surface area contributed by atoms with Gasteiger partial charge < -0.3 is 5.32 Å². The molecule has 0 bridgehead atoms. The predicted octanol–water partition coefficient (Wildman–Crippen LogP) is 2.90. The van der Waals surface area contributed by atoms with E-state index >= 15 is 0 Å². The van der Waals surface area contributed by atoms with E-state index in [1.165, 1.54) is 36.6 Å². The van der Waals surface area contributed by atoms with Crippen LogP contribution < -0.4 is 5.32 Å². The normalized spacial score (nSPS) is 24.6. The lowest BCUT2D eigenvalue weighted by atomic mass is 9.89. The minimum Gasteiger partial charge on any atom is -0.365 e. The summed E-state index contributed by atoms with van der Waals surface area (Å²) >= 11 is 1.94. The molecule has 1 aliphatic heterocycles. The summed E-state index contributed by atoms with van der Waals surface area (Å²) in [6.07, 6.45) is 5.65. The third kappa shape index (κ3) is 2.90. The lowest BCUT2D eigenvalue weighted by Crippen LogP contribution is -2.34. The standard InChI is InChI=1S/C12H22N2S/c1-10(2)7-13-11-14-8-12(9-15-11)5-3-4-6-12/h10H,3-9H2,1-2H3,(H,13,14). The van der Waals surface area contributed by atoms with E-state index in [4.69, 9.17) is 4.99 Å². The summed E-state index contributed by atoms with van der Waals surface area (Å²) in [7, 11) is 0. The molecule has 0 aromatic heterocycles. The molecule has 0 unspecified atom stereocenters. The highest BCUT2D eigenvalue weighted by Crippen LogP contribution is 2.43. The van der Waals surface area contributed by atoms with Crippen LogP contribution in [0.25, 0.3) is 0 Å². The van der Waals surface area contributed by atoms with Crippen LogP contribution in [-0.2, 0) is 0 Å². The van der Waals surface area contributed by atoms with E-state index in [9.17, 15) is 0 Å². The SMILES string of the molecule is CC(C)CNC1=NCC2(CCCC2)CS1. The first-order valence-electron chi connectivity index (χ1n) is 6.11. The number of amidine groups is 1. The van der Waals surface area contributed by atoms with Crippen molar-refractivity contribution >= 4 is 16.9 Å². The lowest BCUT2D eigenvalue weighted by Gasteiger charge is -2.31. The average Bonchev–Trinajstić information content (AvgIpc) is 2.66. The van der Waals surface area contributed by atoms with Gasteiger partial charge in [-0.15, -0.1) is 0 Å². The summed E-state index contributed by atoms with van der Waals surface area (Å²) in [4.78, 5) is 4.71. The summed E-state index contributed by atoms with van der Waals surface area (Å²) < 4.78 is 0. The van der Waals surface area contributed by atoms with Crippen LogP contribution in [0.3, 0.4) is 0 Å². The Balaban J connectivity index is 1.83. The van der Waals surface area contributed by atoms with Gasteiger partial charge in [-0.05, 0) is 24.2 Å². The van der Waals surface area contributed by atoms with Gasteiger partial charge >= 0.3 is 0 Å². The Bertz CT molecular complexity index is 242. The fraction of sp³-hybridized carbons (Fsp3) is 0.917. The molecular weight excluding hydrogens is 204 g/mol. The van der Waals surface area contributed by atoms with Gasteiger partial charge in [-0.3, -0.25) is 4.99 Å². The first-order valence-corrected chi connectivity index (χ1v) is 7.10. The first kappa shape index (κ1) is 11.3. The second-order valence-electron chi connectivity index (χ2n) is 5.39. The molecule has 1 spiro atoms. The fourth-order valence-corrected chi connectivity index (χ4v) is 3.54. The minimum atomic E-state index is 0.577. The molecule has 0 aromatic rings. The van der Waals surface area contributed by atoms with Gasteiger partial charge in [0.25, 0.3) is 0 Å². The fourth-order valence-electron chi connectivity index (χ4n) is 2.38. The van der Waals surface area contributed by atoms with Crippen molar-refractivity contribution in [1.29, 1.82) is 0 Å². The molecule has 1 N–H and O–H groups in total. The molecule has 15 heavy (non-hydrogen) atoms. The van der Waals surface area contributed by atoms with Crippen molar-refractivity contribution in [3.63, 3.8) is 0 Å². The van der Waals surface area contributed by atoms with Gasteiger partial charge in [-0.1, -0.05) is 38.5 Å². The molecule has 2 nitrogen and oxygen atoms in total. The van der Waals surface area contributed by atoms with Crippen molar-refractivity contribution in [2.45, 2.75) is 39.5 Å². The topological polar surface area (TPSA) is 24.4 Å². The molecule has 1 saturated carbocycles. The molecule has 2 aliphatic rings. The molecule has 0 radical (unpaired) electrons. The maximum Gasteiger partial charge on any atom is 0.156 e. The Kier molecular flexibility index (Phi) is 3.60. The van der Waals surface area contributed by atoms with Crippen LogP contribution in [0.4, 0.5) is 0 Å². The minimum absolute atomic E-state index is 0.577. The second kappa shape index (κ2) is 4.77. The zero-order valence-corrected chi connectivity index (χ0v) is 10.7.